The first kappa shape index (κ1) is 23.1. The molecule has 1 atom stereocenters. The zero-order valence-corrected chi connectivity index (χ0v) is 19.4. The average Bonchev–Trinajstić information content (AvgIpc) is 3.20. The van der Waals surface area contributed by atoms with Crippen LogP contribution >= 0.6 is 23.5 Å². The molecule has 0 saturated heterocycles. The third-order valence-corrected chi connectivity index (χ3v) is 6.30. The van der Waals surface area contributed by atoms with Gasteiger partial charge in [-0.15, -0.1) is 10.2 Å². The fourth-order valence-corrected chi connectivity index (χ4v) is 4.44. The van der Waals surface area contributed by atoms with Crippen LogP contribution in [0.2, 0.25) is 0 Å². The maximum absolute atomic E-state index is 12.3. The molecule has 0 aliphatic carbocycles. The zero-order chi connectivity index (χ0) is 22.1. The summed E-state index contributed by atoms with van der Waals surface area (Å²) < 4.78 is 12.7. The molecule has 10 heteroatoms. The summed E-state index contributed by atoms with van der Waals surface area (Å²) in [5.74, 6) is 1.81. The van der Waals surface area contributed by atoms with E-state index in [1.54, 1.807) is 25.4 Å². The van der Waals surface area contributed by atoms with Crippen molar-refractivity contribution in [3.05, 3.63) is 48.5 Å². The first-order valence-corrected chi connectivity index (χ1v) is 11.9. The molecule has 2 aromatic heterocycles. The van der Waals surface area contributed by atoms with E-state index >= 15 is 0 Å². The van der Waals surface area contributed by atoms with Crippen molar-refractivity contribution in [2.75, 3.05) is 13.2 Å². The minimum Gasteiger partial charge on any atom is -0.494 e. The Labute approximate surface area is 190 Å². The number of hydrogen-bond donors (Lipinski definition) is 0. The quantitative estimate of drug-likeness (QED) is 0.238. The van der Waals surface area contributed by atoms with Crippen molar-refractivity contribution in [1.82, 2.24) is 24.7 Å². The van der Waals surface area contributed by atoms with Gasteiger partial charge in [0, 0.05) is 18.1 Å². The lowest BCUT2D eigenvalue weighted by Gasteiger charge is -2.15. The summed E-state index contributed by atoms with van der Waals surface area (Å²) in [7, 11) is 0. The normalized spacial score (nSPS) is 11.8. The molecule has 1 aromatic carbocycles. The van der Waals surface area contributed by atoms with Crippen LogP contribution in [0.5, 0.6) is 5.75 Å². The number of nitrogens with zero attached hydrogens (tertiary/aromatic N) is 5. The summed E-state index contributed by atoms with van der Waals surface area (Å²) >= 11 is 2.83. The van der Waals surface area contributed by atoms with Crippen LogP contribution in [0, 0.1) is 0 Å². The second-order valence-electron chi connectivity index (χ2n) is 6.25. The first-order valence-electron chi connectivity index (χ1n) is 10.1. The number of rotatable bonds is 11. The number of hydrogen-bond acceptors (Lipinski definition) is 9. The van der Waals surface area contributed by atoms with E-state index in [0.717, 1.165) is 17.3 Å². The van der Waals surface area contributed by atoms with Gasteiger partial charge in [0.1, 0.15) is 16.8 Å². The molecule has 0 spiro atoms. The summed E-state index contributed by atoms with van der Waals surface area (Å²) in [5.41, 5.74) is 0.888. The third kappa shape index (κ3) is 6.20. The van der Waals surface area contributed by atoms with E-state index in [0.29, 0.717) is 35.7 Å². The van der Waals surface area contributed by atoms with Crippen LogP contribution in [0.25, 0.3) is 5.69 Å². The van der Waals surface area contributed by atoms with Gasteiger partial charge in [0.15, 0.2) is 10.3 Å². The molecule has 0 radical (unpaired) electrons. The Morgan fingerprint density at radius 3 is 2.45 bits per heavy atom. The molecule has 3 rings (SSSR count). The molecule has 0 amide bonds. The Hall–Kier alpha value is -2.59. The highest BCUT2D eigenvalue weighted by Gasteiger charge is 2.24. The van der Waals surface area contributed by atoms with Crippen LogP contribution in [0.3, 0.4) is 0 Å². The van der Waals surface area contributed by atoms with Gasteiger partial charge in [-0.05, 0) is 50.6 Å². The van der Waals surface area contributed by atoms with E-state index in [2.05, 4.69) is 20.2 Å². The molecule has 0 saturated carbocycles. The minimum atomic E-state index is -0.358. The Morgan fingerprint density at radius 2 is 1.81 bits per heavy atom. The van der Waals surface area contributed by atoms with E-state index < -0.39 is 0 Å². The molecule has 3 aromatic rings. The highest BCUT2D eigenvalue weighted by Crippen LogP contribution is 2.30. The lowest BCUT2D eigenvalue weighted by Crippen LogP contribution is -2.20. The highest BCUT2D eigenvalue weighted by atomic mass is 32.2. The van der Waals surface area contributed by atoms with Crippen molar-refractivity contribution < 1.29 is 14.3 Å². The van der Waals surface area contributed by atoms with Gasteiger partial charge in [-0.25, -0.2) is 9.97 Å². The number of esters is 1. The summed E-state index contributed by atoms with van der Waals surface area (Å²) in [6.07, 6.45) is 4.04. The fraction of sp³-hybridized carbons (Fsp3) is 0.381. The van der Waals surface area contributed by atoms with E-state index in [1.165, 1.54) is 23.5 Å². The number of ether oxygens (including phenoxy) is 2. The smallest absolute Gasteiger partial charge is 0.319 e. The lowest BCUT2D eigenvalue weighted by atomic mass is 10.3. The topological polar surface area (TPSA) is 92.0 Å². The van der Waals surface area contributed by atoms with Crippen molar-refractivity contribution in [1.29, 1.82) is 0 Å². The van der Waals surface area contributed by atoms with Gasteiger partial charge in [-0.2, -0.15) is 0 Å². The van der Waals surface area contributed by atoms with Crippen molar-refractivity contribution >= 4 is 29.5 Å². The highest BCUT2D eigenvalue weighted by molar-refractivity contribution is 8.00. The first-order chi connectivity index (χ1) is 15.2. The minimum absolute atomic E-state index is 0.246. The molecule has 0 aliphatic rings. The summed E-state index contributed by atoms with van der Waals surface area (Å²) in [4.78, 5) is 20.8. The zero-order valence-electron chi connectivity index (χ0n) is 17.7. The van der Waals surface area contributed by atoms with Gasteiger partial charge in [-0.1, -0.05) is 30.4 Å². The SMILES string of the molecule is CCOC(=O)[C@@H](CC)Sc1nnc(CSc2ncccn2)n1-c1ccc(OCC)cc1. The van der Waals surface area contributed by atoms with Crippen molar-refractivity contribution in [3.63, 3.8) is 0 Å². The predicted octanol–water partition coefficient (Wildman–Crippen LogP) is 4.18. The maximum atomic E-state index is 12.3. The molecular formula is C21H25N5O3S2. The van der Waals surface area contributed by atoms with Crippen molar-refractivity contribution in [3.8, 4) is 11.4 Å². The molecule has 2 heterocycles. The second kappa shape index (κ2) is 11.7. The number of benzene rings is 1. The predicted molar refractivity (Wildman–Crippen MR) is 121 cm³/mol. The molecule has 0 unspecified atom stereocenters. The van der Waals surface area contributed by atoms with Crippen LogP contribution in [0.4, 0.5) is 0 Å². The Morgan fingerprint density at radius 1 is 1.06 bits per heavy atom. The molecule has 0 N–H and O–H groups in total. The van der Waals surface area contributed by atoms with Crippen LogP contribution in [-0.4, -0.2) is 49.2 Å². The largest absolute Gasteiger partial charge is 0.494 e. The van der Waals surface area contributed by atoms with E-state index in [9.17, 15) is 4.79 Å². The second-order valence-corrected chi connectivity index (χ2v) is 8.36. The number of aromatic nitrogens is 5. The van der Waals surface area contributed by atoms with E-state index in [-0.39, 0.29) is 11.2 Å². The van der Waals surface area contributed by atoms with Crippen molar-refractivity contribution in [2.45, 2.75) is 48.5 Å². The molecule has 0 aliphatic heterocycles. The molecule has 31 heavy (non-hydrogen) atoms. The summed E-state index contributed by atoms with van der Waals surface area (Å²) in [6, 6.07) is 9.51. The molecule has 0 bridgehead atoms. The molecule has 0 fully saturated rings. The standard InChI is InChI=1S/C21H25N5O3S2/c1-4-17(19(27)29-6-3)31-21-25-24-18(14-30-20-22-12-7-13-23-20)26(21)15-8-10-16(11-9-15)28-5-2/h7-13,17H,4-6,14H2,1-3H3/t17-/m1/s1. The molecular weight excluding hydrogens is 434 g/mol. The Kier molecular flexibility index (Phi) is 8.72. The molecule has 8 nitrogen and oxygen atoms in total. The van der Waals surface area contributed by atoms with Gasteiger partial charge in [0.2, 0.25) is 0 Å². The van der Waals surface area contributed by atoms with E-state index in [4.69, 9.17) is 9.47 Å². The van der Waals surface area contributed by atoms with Gasteiger partial charge in [0.05, 0.1) is 19.0 Å². The van der Waals surface area contributed by atoms with Gasteiger partial charge >= 0.3 is 5.97 Å². The van der Waals surface area contributed by atoms with Crippen LogP contribution in [-0.2, 0) is 15.3 Å². The van der Waals surface area contributed by atoms with Gasteiger partial charge in [0.25, 0.3) is 0 Å². The monoisotopic (exact) mass is 459 g/mol. The van der Waals surface area contributed by atoms with Crippen LogP contribution in [0.1, 0.15) is 33.0 Å². The number of thioether (sulfide) groups is 2. The maximum Gasteiger partial charge on any atom is 0.319 e. The average molecular weight is 460 g/mol. The summed E-state index contributed by atoms with van der Waals surface area (Å²) in [5, 5.41) is 9.71. The molecule has 164 valence electrons. The summed E-state index contributed by atoms with van der Waals surface area (Å²) in [6.45, 7) is 6.66. The van der Waals surface area contributed by atoms with Gasteiger partial charge < -0.3 is 9.47 Å². The number of carbonyl (C=O) groups excluding carboxylic acids is 1. The fourth-order valence-electron chi connectivity index (χ4n) is 2.74. The van der Waals surface area contributed by atoms with Crippen LogP contribution in [0.15, 0.2) is 53.0 Å². The Bertz CT molecular complexity index is 967. The van der Waals surface area contributed by atoms with Crippen LogP contribution < -0.4 is 4.74 Å². The Balaban J connectivity index is 1.90. The van der Waals surface area contributed by atoms with Crippen molar-refractivity contribution in [2.24, 2.45) is 0 Å². The third-order valence-electron chi connectivity index (χ3n) is 4.15. The van der Waals surface area contributed by atoms with E-state index in [1.807, 2.05) is 42.7 Å². The number of carbonyl (C=O) groups is 1. The lowest BCUT2D eigenvalue weighted by molar-refractivity contribution is -0.142. The van der Waals surface area contributed by atoms with Gasteiger partial charge in [-0.3, -0.25) is 9.36 Å².